The minimum Gasteiger partial charge on any atom is -0.384 e. The molecule has 1 aliphatic heterocycles. The molecule has 0 aromatic rings. The van der Waals surface area contributed by atoms with E-state index in [9.17, 15) is 25.2 Å². The van der Waals surface area contributed by atoms with E-state index in [4.69, 9.17) is 4.74 Å². The minimum absolute atomic E-state index is 0.412. The molecule has 1 amide bonds. The fraction of sp³-hybridized carbons (Fsp3) is 0.938. The second kappa shape index (κ2) is 6.64. The summed E-state index contributed by atoms with van der Waals surface area (Å²) in [5, 5.41) is 44.6. The second-order valence-electron chi connectivity index (χ2n) is 7.12. The lowest BCUT2D eigenvalue weighted by atomic mass is 9.65. The Balaban J connectivity index is 2.88. The molecule has 1 heterocycles. The van der Waals surface area contributed by atoms with E-state index < -0.39 is 34.6 Å². The van der Waals surface area contributed by atoms with E-state index in [1.165, 1.54) is 13.8 Å². The average Bonchev–Trinajstić information content (AvgIpc) is 2.42. The van der Waals surface area contributed by atoms with Crippen LogP contribution in [0.15, 0.2) is 0 Å². The van der Waals surface area contributed by atoms with Crippen LogP contribution < -0.4 is 5.32 Å². The zero-order valence-electron chi connectivity index (χ0n) is 14.7. The van der Waals surface area contributed by atoms with Crippen molar-refractivity contribution in [1.29, 1.82) is 0 Å². The van der Waals surface area contributed by atoms with Gasteiger partial charge in [0.05, 0.1) is 0 Å². The topological polar surface area (TPSA) is 119 Å². The predicted molar refractivity (Wildman–Crippen MR) is 84.5 cm³/mol. The molecule has 1 rings (SSSR count). The van der Waals surface area contributed by atoms with Crippen LogP contribution in [0, 0.1) is 0 Å². The number of nitrogens with one attached hydrogen (secondary N) is 1. The monoisotopic (exact) mass is 333 g/mol. The van der Waals surface area contributed by atoms with Gasteiger partial charge >= 0.3 is 0 Å². The molecule has 0 aromatic carbocycles. The van der Waals surface area contributed by atoms with Crippen LogP contribution in [0.25, 0.3) is 0 Å². The first-order valence-corrected chi connectivity index (χ1v) is 8.18. The molecular weight excluding hydrogens is 302 g/mol. The van der Waals surface area contributed by atoms with E-state index in [0.717, 1.165) is 39.5 Å². The van der Waals surface area contributed by atoms with E-state index in [0.29, 0.717) is 6.54 Å². The minimum atomic E-state index is -2.21. The maximum atomic E-state index is 12.3. The van der Waals surface area contributed by atoms with Crippen molar-refractivity contribution in [3.63, 3.8) is 0 Å². The van der Waals surface area contributed by atoms with Gasteiger partial charge in [0.25, 0.3) is 5.91 Å². The van der Waals surface area contributed by atoms with E-state index in [2.05, 4.69) is 12.2 Å². The largest absolute Gasteiger partial charge is 0.384 e. The summed E-state index contributed by atoms with van der Waals surface area (Å²) in [4.78, 5) is 12.3. The van der Waals surface area contributed by atoms with Crippen LogP contribution in [0.5, 0.6) is 0 Å². The lowest BCUT2D eigenvalue weighted by molar-refractivity contribution is -0.414. The fourth-order valence-electron chi connectivity index (χ4n) is 2.82. The first-order chi connectivity index (χ1) is 10.3. The average molecular weight is 333 g/mol. The highest BCUT2D eigenvalue weighted by molar-refractivity contribution is 5.82. The van der Waals surface area contributed by atoms with Gasteiger partial charge in [-0.05, 0) is 34.1 Å². The highest BCUT2D eigenvalue weighted by atomic mass is 16.7. The van der Waals surface area contributed by atoms with E-state index in [-0.39, 0.29) is 0 Å². The van der Waals surface area contributed by atoms with Gasteiger partial charge in [-0.25, -0.2) is 0 Å². The normalized spacial score (nSPS) is 44.1. The number of rotatable bonds is 6. The first-order valence-electron chi connectivity index (χ1n) is 8.18. The Morgan fingerprint density at radius 2 is 1.57 bits per heavy atom. The maximum absolute atomic E-state index is 12.3. The summed E-state index contributed by atoms with van der Waals surface area (Å²) in [5.74, 6) is -2.84. The van der Waals surface area contributed by atoms with Crippen LogP contribution in [0.1, 0.15) is 60.3 Å². The molecule has 0 aromatic heterocycles. The molecule has 1 fully saturated rings. The molecule has 136 valence electrons. The third-order valence-electron chi connectivity index (χ3n) is 5.26. The van der Waals surface area contributed by atoms with Crippen molar-refractivity contribution in [2.45, 2.75) is 89.0 Å². The van der Waals surface area contributed by atoms with Crippen LogP contribution in [0.3, 0.4) is 0 Å². The summed E-state index contributed by atoms with van der Waals surface area (Å²) in [6.07, 6.45) is 2.40. The molecule has 0 spiro atoms. The second-order valence-corrected chi connectivity index (χ2v) is 7.12. The van der Waals surface area contributed by atoms with Crippen LogP contribution in [-0.2, 0) is 9.53 Å². The molecule has 1 saturated heterocycles. The van der Waals surface area contributed by atoms with E-state index in [1.54, 1.807) is 0 Å². The molecule has 0 saturated carbocycles. The number of aliphatic hydroxyl groups is 4. The summed E-state index contributed by atoms with van der Waals surface area (Å²) in [6, 6.07) is 0. The predicted octanol–water partition coefficient (Wildman–Crippen LogP) is 0.0432. The number of hydrogen-bond donors (Lipinski definition) is 5. The summed E-state index contributed by atoms with van der Waals surface area (Å²) < 4.78 is 5.26. The Morgan fingerprint density at radius 3 is 2.09 bits per heavy atom. The Bertz CT molecular complexity index is 430. The van der Waals surface area contributed by atoms with E-state index >= 15 is 0 Å². The number of unbranched alkanes of at least 4 members (excludes halogenated alkanes) is 3. The molecule has 7 nitrogen and oxygen atoms in total. The van der Waals surface area contributed by atoms with Crippen LogP contribution in [0.2, 0.25) is 0 Å². The molecule has 1 aliphatic rings. The zero-order valence-corrected chi connectivity index (χ0v) is 14.7. The van der Waals surface area contributed by atoms with Crippen molar-refractivity contribution in [3.05, 3.63) is 0 Å². The highest BCUT2D eigenvalue weighted by Crippen LogP contribution is 2.47. The van der Waals surface area contributed by atoms with Crippen LogP contribution in [0.4, 0.5) is 0 Å². The van der Waals surface area contributed by atoms with Crippen molar-refractivity contribution in [3.8, 4) is 0 Å². The number of amides is 1. The molecule has 5 N–H and O–H groups in total. The van der Waals surface area contributed by atoms with Gasteiger partial charge in [0.2, 0.25) is 0 Å². The molecular formula is C16H31NO6. The summed E-state index contributed by atoms with van der Waals surface area (Å²) in [6.45, 7) is 7.18. The maximum Gasteiger partial charge on any atom is 0.252 e. The summed E-state index contributed by atoms with van der Waals surface area (Å²) in [5.41, 5.74) is -6.44. The lowest BCUT2D eigenvalue weighted by Crippen LogP contribution is -2.82. The van der Waals surface area contributed by atoms with Gasteiger partial charge in [-0.1, -0.05) is 26.2 Å². The van der Waals surface area contributed by atoms with Crippen LogP contribution in [-0.4, -0.2) is 61.6 Å². The van der Waals surface area contributed by atoms with Gasteiger partial charge in [0.1, 0.15) is 16.8 Å². The zero-order chi connectivity index (χ0) is 18.1. The van der Waals surface area contributed by atoms with Crippen molar-refractivity contribution >= 4 is 5.91 Å². The smallest absolute Gasteiger partial charge is 0.252 e. The van der Waals surface area contributed by atoms with Crippen molar-refractivity contribution < 1.29 is 30.0 Å². The third-order valence-corrected chi connectivity index (χ3v) is 5.26. The number of carbonyl (C=O) groups excluding carboxylic acids is 1. The molecule has 0 bridgehead atoms. The summed E-state index contributed by atoms with van der Waals surface area (Å²) >= 11 is 0. The SMILES string of the molecule is CCCCCCNC(=O)C1O[C@@](C)(O)[C@@](C)(O)C(C)(O)[C@]1(C)O. The Kier molecular flexibility index (Phi) is 5.87. The van der Waals surface area contributed by atoms with Gasteiger partial charge in [-0.2, -0.15) is 0 Å². The molecule has 0 aliphatic carbocycles. The van der Waals surface area contributed by atoms with Gasteiger partial charge in [-0.15, -0.1) is 0 Å². The molecule has 23 heavy (non-hydrogen) atoms. The van der Waals surface area contributed by atoms with Gasteiger partial charge in [0, 0.05) is 6.54 Å². The summed E-state index contributed by atoms with van der Waals surface area (Å²) in [7, 11) is 0. The molecule has 5 atom stereocenters. The molecule has 0 radical (unpaired) electrons. The Hall–Kier alpha value is -0.730. The van der Waals surface area contributed by atoms with Gasteiger partial charge in [0.15, 0.2) is 11.9 Å². The molecule has 7 heteroatoms. The first kappa shape index (κ1) is 20.3. The third kappa shape index (κ3) is 3.39. The van der Waals surface area contributed by atoms with Crippen molar-refractivity contribution in [1.82, 2.24) is 5.32 Å². The number of hydrogen-bond acceptors (Lipinski definition) is 6. The van der Waals surface area contributed by atoms with Gasteiger partial charge < -0.3 is 30.5 Å². The fourth-order valence-corrected chi connectivity index (χ4v) is 2.82. The Morgan fingerprint density at radius 1 is 1.00 bits per heavy atom. The van der Waals surface area contributed by atoms with Gasteiger partial charge in [-0.3, -0.25) is 4.79 Å². The quantitative estimate of drug-likeness (QED) is 0.438. The van der Waals surface area contributed by atoms with E-state index in [1.807, 2.05) is 0 Å². The van der Waals surface area contributed by atoms with Crippen molar-refractivity contribution in [2.24, 2.45) is 0 Å². The lowest BCUT2D eigenvalue weighted by Gasteiger charge is -2.59. The standard InChI is InChI=1S/C16H31NO6/c1-6-7-8-9-10-17-12(18)11-13(2,19)14(3,20)15(4,21)16(5,22)23-11/h11,19-22H,6-10H2,1-5H3,(H,17,18)/t11?,13-,14?,15+,16-/m1/s1. The molecule has 2 unspecified atom stereocenters. The Labute approximate surface area is 137 Å². The highest BCUT2D eigenvalue weighted by Gasteiger charge is 2.71. The van der Waals surface area contributed by atoms with Crippen LogP contribution >= 0.6 is 0 Å². The number of ether oxygens (including phenoxy) is 1. The number of carbonyl (C=O) groups is 1. The van der Waals surface area contributed by atoms with Crippen molar-refractivity contribution in [2.75, 3.05) is 6.54 Å².